The van der Waals surface area contributed by atoms with E-state index in [-0.39, 0.29) is 35.9 Å². The quantitative estimate of drug-likeness (QED) is 0.677. The second-order valence-electron chi connectivity index (χ2n) is 7.20. The first-order valence-electron chi connectivity index (χ1n) is 9.44. The molecule has 3 rings (SSSR count). The fourth-order valence-corrected chi connectivity index (χ4v) is 5.23. The Balaban J connectivity index is 1.57. The molecule has 0 aliphatic carbocycles. The fourth-order valence-electron chi connectivity index (χ4n) is 3.41. The number of nitrogens with one attached hydrogen (secondary N) is 2. The zero-order valence-corrected chi connectivity index (χ0v) is 17.5. The van der Waals surface area contributed by atoms with Gasteiger partial charge < -0.3 is 4.52 Å². The highest BCUT2D eigenvalue weighted by molar-refractivity contribution is 7.89. The van der Waals surface area contributed by atoms with Gasteiger partial charge in [-0.2, -0.15) is 4.31 Å². The van der Waals surface area contributed by atoms with Crippen molar-refractivity contribution in [2.24, 2.45) is 5.92 Å². The number of amides is 2. The second kappa shape index (κ2) is 8.92. The van der Waals surface area contributed by atoms with Crippen LogP contribution in [0, 0.1) is 25.6 Å². The van der Waals surface area contributed by atoms with E-state index in [1.807, 2.05) is 0 Å². The van der Waals surface area contributed by atoms with Crippen LogP contribution in [0.3, 0.4) is 0 Å². The lowest BCUT2D eigenvalue weighted by atomic mass is 9.99. The molecular formula is C19H23FN4O5S. The number of nitrogens with zero attached hydrogens (tertiary/aromatic N) is 2. The summed E-state index contributed by atoms with van der Waals surface area (Å²) in [6.45, 7) is 3.35. The molecule has 1 aliphatic rings. The van der Waals surface area contributed by atoms with E-state index in [9.17, 15) is 22.4 Å². The number of hydrogen-bond donors (Lipinski definition) is 2. The summed E-state index contributed by atoms with van der Waals surface area (Å²) < 4.78 is 45.0. The Hall–Kier alpha value is -2.79. The van der Waals surface area contributed by atoms with Gasteiger partial charge in [0.05, 0.1) is 12.3 Å². The lowest BCUT2D eigenvalue weighted by Gasteiger charge is -2.31. The Morgan fingerprint density at radius 1 is 1.23 bits per heavy atom. The van der Waals surface area contributed by atoms with Crippen LogP contribution in [0.5, 0.6) is 0 Å². The molecular weight excluding hydrogens is 415 g/mol. The van der Waals surface area contributed by atoms with E-state index >= 15 is 0 Å². The Kier molecular flexibility index (Phi) is 6.52. The van der Waals surface area contributed by atoms with E-state index in [0.717, 1.165) is 0 Å². The number of halogens is 1. The van der Waals surface area contributed by atoms with E-state index in [1.54, 1.807) is 6.92 Å². The van der Waals surface area contributed by atoms with Gasteiger partial charge in [0.15, 0.2) is 5.76 Å². The summed E-state index contributed by atoms with van der Waals surface area (Å²) in [5, 5.41) is 3.69. The van der Waals surface area contributed by atoms with E-state index in [4.69, 9.17) is 4.52 Å². The van der Waals surface area contributed by atoms with Gasteiger partial charge in [0, 0.05) is 13.1 Å². The number of rotatable bonds is 5. The van der Waals surface area contributed by atoms with Gasteiger partial charge in [-0.25, -0.2) is 12.8 Å². The van der Waals surface area contributed by atoms with E-state index in [0.29, 0.717) is 18.4 Å². The summed E-state index contributed by atoms with van der Waals surface area (Å²) in [6.07, 6.45) is 0.968. The van der Waals surface area contributed by atoms with Crippen molar-refractivity contribution in [3.8, 4) is 0 Å². The van der Waals surface area contributed by atoms with E-state index < -0.39 is 33.6 Å². The number of carbonyl (C=O) groups is 2. The predicted molar refractivity (Wildman–Crippen MR) is 104 cm³/mol. The smallest absolute Gasteiger partial charge is 0.248 e. The summed E-state index contributed by atoms with van der Waals surface area (Å²) >= 11 is 0. The molecule has 1 aromatic heterocycles. The molecule has 1 saturated heterocycles. The maximum absolute atomic E-state index is 12.9. The molecule has 2 amide bonds. The van der Waals surface area contributed by atoms with Crippen molar-refractivity contribution in [3.05, 3.63) is 47.1 Å². The highest BCUT2D eigenvalue weighted by Gasteiger charge is 2.36. The Morgan fingerprint density at radius 2 is 1.93 bits per heavy atom. The summed E-state index contributed by atoms with van der Waals surface area (Å²) in [5.74, 6) is -1.75. The van der Waals surface area contributed by atoms with Crippen LogP contribution in [-0.4, -0.2) is 42.8 Å². The van der Waals surface area contributed by atoms with Crippen LogP contribution in [0.1, 0.15) is 29.9 Å². The van der Waals surface area contributed by atoms with Gasteiger partial charge in [0.2, 0.25) is 21.8 Å². The molecule has 0 saturated carbocycles. The topological polar surface area (TPSA) is 122 Å². The van der Waals surface area contributed by atoms with Crippen LogP contribution in [-0.2, 0) is 26.0 Å². The molecule has 0 bridgehead atoms. The average Bonchev–Trinajstić information content (AvgIpc) is 3.07. The lowest BCUT2D eigenvalue weighted by Crippen LogP contribution is -2.50. The van der Waals surface area contributed by atoms with Gasteiger partial charge >= 0.3 is 0 Å². The third-order valence-electron chi connectivity index (χ3n) is 4.92. The van der Waals surface area contributed by atoms with E-state index in [2.05, 4.69) is 16.0 Å². The zero-order valence-electron chi connectivity index (χ0n) is 16.6. The van der Waals surface area contributed by atoms with Gasteiger partial charge in [-0.05, 0) is 44.4 Å². The summed E-state index contributed by atoms with van der Waals surface area (Å²) in [4.78, 5) is 24.5. The number of aromatic nitrogens is 1. The molecule has 2 N–H and O–H groups in total. The number of piperidine rings is 1. The maximum atomic E-state index is 12.9. The number of carbonyl (C=O) groups excluding carboxylic acids is 2. The standard InChI is InChI=1S/C19H23FN4O5S/c1-12-18(13(2)29-23-12)30(27,28)24-9-3-4-15(11-24)19(26)22-21-17(25)10-14-5-7-16(20)8-6-14/h5-8,15H,3-4,9-11H2,1-2H3,(H,21,25)(H,22,26). The number of hydrogen-bond acceptors (Lipinski definition) is 6. The van der Waals surface area contributed by atoms with Crippen LogP contribution in [0.4, 0.5) is 4.39 Å². The maximum Gasteiger partial charge on any atom is 0.248 e. The van der Waals surface area contributed by atoms with Gasteiger partial charge in [-0.3, -0.25) is 20.4 Å². The molecule has 1 unspecified atom stereocenters. The van der Waals surface area contributed by atoms with Crippen molar-refractivity contribution in [1.82, 2.24) is 20.3 Å². The first-order valence-corrected chi connectivity index (χ1v) is 10.9. The van der Waals surface area contributed by atoms with Crippen molar-refractivity contribution >= 4 is 21.8 Å². The SMILES string of the molecule is Cc1noc(C)c1S(=O)(=O)N1CCCC(C(=O)NNC(=O)Cc2ccc(F)cc2)C1. The summed E-state index contributed by atoms with van der Waals surface area (Å²) in [6, 6.07) is 5.46. The third-order valence-corrected chi connectivity index (χ3v) is 7.03. The second-order valence-corrected chi connectivity index (χ2v) is 9.07. The molecule has 0 spiro atoms. The Bertz CT molecular complexity index is 1020. The summed E-state index contributed by atoms with van der Waals surface area (Å²) in [5.41, 5.74) is 5.53. The van der Waals surface area contributed by atoms with Gasteiger partial charge in [-0.1, -0.05) is 17.3 Å². The van der Waals surface area contributed by atoms with Crippen molar-refractivity contribution in [2.75, 3.05) is 13.1 Å². The third kappa shape index (κ3) is 4.85. The molecule has 2 heterocycles. The lowest BCUT2D eigenvalue weighted by molar-refractivity contribution is -0.131. The Morgan fingerprint density at radius 3 is 2.57 bits per heavy atom. The van der Waals surface area contributed by atoms with Crippen LogP contribution in [0.15, 0.2) is 33.7 Å². The molecule has 30 heavy (non-hydrogen) atoms. The highest BCUT2D eigenvalue weighted by atomic mass is 32.2. The molecule has 0 radical (unpaired) electrons. The minimum atomic E-state index is -3.84. The van der Waals surface area contributed by atoms with Crippen LogP contribution in [0.2, 0.25) is 0 Å². The van der Waals surface area contributed by atoms with Gasteiger partial charge in [0.1, 0.15) is 16.4 Å². The zero-order chi connectivity index (χ0) is 21.9. The van der Waals surface area contributed by atoms with Gasteiger partial charge in [0.25, 0.3) is 0 Å². The first kappa shape index (κ1) is 21.9. The molecule has 1 fully saturated rings. The molecule has 11 heteroatoms. The largest absolute Gasteiger partial charge is 0.360 e. The van der Waals surface area contributed by atoms with Crippen LogP contribution in [0.25, 0.3) is 0 Å². The molecule has 162 valence electrons. The number of sulfonamides is 1. The molecule has 1 aliphatic heterocycles. The predicted octanol–water partition coefficient (Wildman–Crippen LogP) is 1.22. The van der Waals surface area contributed by atoms with Crippen molar-refractivity contribution in [2.45, 2.75) is 38.0 Å². The fraction of sp³-hybridized carbons (Fsp3) is 0.421. The number of hydrazine groups is 1. The molecule has 1 aromatic carbocycles. The summed E-state index contributed by atoms with van der Waals surface area (Å²) in [7, 11) is -3.84. The number of benzene rings is 1. The van der Waals surface area contributed by atoms with Crippen molar-refractivity contribution in [1.29, 1.82) is 0 Å². The average molecular weight is 438 g/mol. The Labute approximate surface area is 173 Å². The van der Waals surface area contributed by atoms with Crippen molar-refractivity contribution in [3.63, 3.8) is 0 Å². The molecule has 2 aromatic rings. The van der Waals surface area contributed by atoms with Crippen LogP contribution < -0.4 is 10.9 Å². The minimum absolute atomic E-state index is 0.00788. The van der Waals surface area contributed by atoms with E-state index in [1.165, 1.54) is 35.5 Å². The molecule has 9 nitrogen and oxygen atoms in total. The minimum Gasteiger partial charge on any atom is -0.360 e. The van der Waals surface area contributed by atoms with Crippen molar-refractivity contribution < 1.29 is 26.9 Å². The van der Waals surface area contributed by atoms with Crippen LogP contribution >= 0.6 is 0 Å². The monoisotopic (exact) mass is 438 g/mol. The normalized spacial score (nSPS) is 17.5. The molecule has 1 atom stereocenters. The first-order chi connectivity index (χ1) is 14.2. The highest BCUT2D eigenvalue weighted by Crippen LogP contribution is 2.27. The van der Waals surface area contributed by atoms with Gasteiger partial charge in [-0.15, -0.1) is 0 Å². The number of aryl methyl sites for hydroxylation is 2.